The molecule has 6 heteroatoms. The van der Waals surface area contributed by atoms with E-state index in [0.29, 0.717) is 11.4 Å². The molecule has 0 atom stereocenters. The second-order valence-electron chi connectivity index (χ2n) is 8.57. The third-order valence-corrected chi connectivity index (χ3v) is 6.31. The van der Waals surface area contributed by atoms with E-state index in [1.807, 2.05) is 25.1 Å². The first kappa shape index (κ1) is 20.3. The molecule has 2 aromatic heterocycles. The minimum absolute atomic E-state index is 0.0636. The van der Waals surface area contributed by atoms with Gasteiger partial charge >= 0.3 is 0 Å². The van der Waals surface area contributed by atoms with Gasteiger partial charge in [-0.1, -0.05) is 18.2 Å². The predicted molar refractivity (Wildman–Crippen MR) is 132 cm³/mol. The second kappa shape index (κ2) is 8.13. The fraction of sp³-hybridized carbons (Fsp3) is 0.231. The summed E-state index contributed by atoms with van der Waals surface area (Å²) in [6.07, 6.45) is 1.75. The van der Waals surface area contributed by atoms with Crippen LogP contribution in [0.5, 0.6) is 0 Å². The fourth-order valence-electron chi connectivity index (χ4n) is 4.28. The highest BCUT2D eigenvalue weighted by molar-refractivity contribution is 5.91. The Labute approximate surface area is 187 Å². The number of rotatable bonds is 3. The van der Waals surface area contributed by atoms with Gasteiger partial charge in [0.2, 0.25) is 0 Å². The molecule has 0 spiro atoms. The topological polar surface area (TPSA) is 78.2 Å². The van der Waals surface area contributed by atoms with Gasteiger partial charge in [-0.15, -0.1) is 0 Å². The summed E-state index contributed by atoms with van der Waals surface area (Å²) in [5, 5.41) is 1.01. The Kier molecular flexibility index (Phi) is 5.15. The maximum atomic E-state index is 11.7. The number of nitrogen functional groups attached to an aromatic ring is 1. The summed E-state index contributed by atoms with van der Waals surface area (Å²) in [5.41, 5.74) is 13.0. The molecule has 6 nitrogen and oxygen atoms in total. The summed E-state index contributed by atoms with van der Waals surface area (Å²) in [7, 11) is 2.17. The maximum absolute atomic E-state index is 11.7. The van der Waals surface area contributed by atoms with E-state index in [0.717, 1.165) is 59.3 Å². The molecule has 0 amide bonds. The monoisotopic (exact) mass is 425 g/mol. The SMILES string of the molecule is Cc1cc(-c2ccc3nc(N)c(-c4ccc(N5CCN(C)CC5)cc4)cc3c2)c[nH]c1=O. The Morgan fingerprint density at radius 3 is 2.34 bits per heavy atom. The van der Waals surface area contributed by atoms with Crippen LogP contribution in [-0.4, -0.2) is 48.1 Å². The van der Waals surface area contributed by atoms with E-state index in [2.05, 4.69) is 63.2 Å². The summed E-state index contributed by atoms with van der Waals surface area (Å²) in [4.78, 5) is 23.9. The molecule has 32 heavy (non-hydrogen) atoms. The van der Waals surface area contributed by atoms with Gasteiger partial charge in [0.05, 0.1) is 5.52 Å². The van der Waals surface area contributed by atoms with Crippen molar-refractivity contribution in [3.63, 3.8) is 0 Å². The number of piperazine rings is 1. The zero-order valence-corrected chi connectivity index (χ0v) is 18.4. The van der Waals surface area contributed by atoms with Crippen LogP contribution in [0.1, 0.15) is 5.56 Å². The predicted octanol–water partition coefficient (Wildman–Crippen LogP) is 3.90. The molecule has 1 saturated heterocycles. The molecular weight excluding hydrogens is 398 g/mol. The van der Waals surface area contributed by atoms with Crippen molar-refractivity contribution in [1.29, 1.82) is 0 Å². The summed E-state index contributed by atoms with van der Waals surface area (Å²) in [5.74, 6) is 0.525. The number of aryl methyl sites for hydroxylation is 1. The molecule has 0 saturated carbocycles. The lowest BCUT2D eigenvalue weighted by Crippen LogP contribution is -2.44. The molecule has 2 aromatic carbocycles. The van der Waals surface area contributed by atoms with Crippen molar-refractivity contribution in [1.82, 2.24) is 14.9 Å². The first-order chi connectivity index (χ1) is 15.5. The van der Waals surface area contributed by atoms with Gasteiger partial charge < -0.3 is 20.5 Å². The van der Waals surface area contributed by atoms with Gasteiger partial charge in [-0.2, -0.15) is 0 Å². The van der Waals surface area contributed by atoms with Gasteiger partial charge in [0, 0.05) is 54.6 Å². The van der Waals surface area contributed by atoms with Crippen LogP contribution < -0.4 is 16.2 Å². The van der Waals surface area contributed by atoms with E-state index < -0.39 is 0 Å². The van der Waals surface area contributed by atoms with Crippen molar-refractivity contribution < 1.29 is 0 Å². The average Bonchev–Trinajstić information content (AvgIpc) is 2.81. The van der Waals surface area contributed by atoms with Crippen LogP contribution >= 0.6 is 0 Å². The zero-order chi connectivity index (χ0) is 22.2. The number of aromatic nitrogens is 2. The minimum Gasteiger partial charge on any atom is -0.383 e. The number of fused-ring (bicyclic) bond motifs is 1. The van der Waals surface area contributed by atoms with Crippen LogP contribution in [0.15, 0.2) is 65.6 Å². The third kappa shape index (κ3) is 3.85. The molecule has 0 bridgehead atoms. The number of pyridine rings is 2. The molecule has 0 unspecified atom stereocenters. The normalized spacial score (nSPS) is 14.8. The lowest BCUT2D eigenvalue weighted by Gasteiger charge is -2.34. The molecule has 1 aliphatic rings. The molecule has 5 rings (SSSR count). The molecular formula is C26H27N5O. The molecule has 0 radical (unpaired) electrons. The highest BCUT2D eigenvalue weighted by Gasteiger charge is 2.15. The summed E-state index contributed by atoms with van der Waals surface area (Å²) in [6, 6.07) is 18.7. The average molecular weight is 426 g/mol. The van der Waals surface area contributed by atoms with E-state index in [-0.39, 0.29) is 5.56 Å². The van der Waals surface area contributed by atoms with Crippen molar-refractivity contribution in [2.45, 2.75) is 6.92 Å². The molecule has 1 aliphatic heterocycles. The van der Waals surface area contributed by atoms with Crippen LogP contribution in [0.3, 0.4) is 0 Å². The summed E-state index contributed by atoms with van der Waals surface area (Å²) in [6.45, 7) is 6.07. The molecule has 1 fully saturated rings. The number of hydrogen-bond acceptors (Lipinski definition) is 5. The van der Waals surface area contributed by atoms with Crippen molar-refractivity contribution in [3.05, 3.63) is 76.7 Å². The lowest BCUT2D eigenvalue weighted by molar-refractivity contribution is 0.313. The Morgan fingerprint density at radius 2 is 1.62 bits per heavy atom. The van der Waals surface area contributed by atoms with Crippen LogP contribution in [0.2, 0.25) is 0 Å². The van der Waals surface area contributed by atoms with E-state index in [1.54, 1.807) is 6.20 Å². The first-order valence-corrected chi connectivity index (χ1v) is 10.9. The third-order valence-electron chi connectivity index (χ3n) is 6.31. The van der Waals surface area contributed by atoms with Crippen molar-refractivity contribution in [2.24, 2.45) is 0 Å². The molecule has 0 aliphatic carbocycles. The smallest absolute Gasteiger partial charge is 0.250 e. The Morgan fingerprint density at radius 1 is 0.906 bits per heavy atom. The second-order valence-corrected chi connectivity index (χ2v) is 8.57. The van der Waals surface area contributed by atoms with Gasteiger partial charge in [-0.05, 0) is 67.1 Å². The highest BCUT2D eigenvalue weighted by atomic mass is 16.1. The Hall–Kier alpha value is -3.64. The van der Waals surface area contributed by atoms with Crippen molar-refractivity contribution in [3.8, 4) is 22.3 Å². The molecule has 3 heterocycles. The molecule has 4 aromatic rings. The number of hydrogen-bond donors (Lipinski definition) is 2. The summed E-state index contributed by atoms with van der Waals surface area (Å²) < 4.78 is 0. The van der Waals surface area contributed by atoms with Crippen LogP contribution in [0, 0.1) is 6.92 Å². The fourth-order valence-corrected chi connectivity index (χ4v) is 4.28. The number of H-pyrrole nitrogens is 1. The highest BCUT2D eigenvalue weighted by Crippen LogP contribution is 2.32. The number of anilines is 2. The number of aromatic amines is 1. The van der Waals surface area contributed by atoms with E-state index >= 15 is 0 Å². The van der Waals surface area contributed by atoms with E-state index in [1.165, 1.54) is 5.69 Å². The number of likely N-dealkylation sites (N-methyl/N-ethyl adjacent to an activating group) is 1. The van der Waals surface area contributed by atoms with Crippen molar-refractivity contribution >= 4 is 22.4 Å². The summed E-state index contributed by atoms with van der Waals surface area (Å²) >= 11 is 0. The van der Waals surface area contributed by atoms with Crippen LogP contribution in [-0.2, 0) is 0 Å². The molecule has 162 valence electrons. The van der Waals surface area contributed by atoms with Crippen LogP contribution in [0.4, 0.5) is 11.5 Å². The van der Waals surface area contributed by atoms with Gasteiger partial charge in [0.25, 0.3) is 5.56 Å². The van der Waals surface area contributed by atoms with Gasteiger partial charge in [0.1, 0.15) is 5.82 Å². The number of nitrogens with one attached hydrogen (secondary N) is 1. The Bertz CT molecular complexity index is 1330. The zero-order valence-electron chi connectivity index (χ0n) is 18.4. The van der Waals surface area contributed by atoms with Gasteiger partial charge in [-0.25, -0.2) is 4.98 Å². The van der Waals surface area contributed by atoms with Gasteiger partial charge in [-0.3, -0.25) is 4.79 Å². The number of benzene rings is 2. The number of nitrogens with zero attached hydrogens (tertiary/aromatic N) is 3. The van der Waals surface area contributed by atoms with E-state index in [4.69, 9.17) is 5.73 Å². The largest absolute Gasteiger partial charge is 0.383 e. The van der Waals surface area contributed by atoms with Crippen molar-refractivity contribution in [2.75, 3.05) is 43.9 Å². The van der Waals surface area contributed by atoms with Crippen LogP contribution in [0.25, 0.3) is 33.2 Å². The molecule has 3 N–H and O–H groups in total. The minimum atomic E-state index is -0.0636. The van der Waals surface area contributed by atoms with E-state index in [9.17, 15) is 4.79 Å². The maximum Gasteiger partial charge on any atom is 0.250 e. The standard InChI is InChI=1S/C26H27N5O/c1-17-13-21(16-28-26(17)32)19-5-8-24-20(14-19)15-23(25(27)29-24)18-3-6-22(7-4-18)31-11-9-30(2)10-12-31/h3-8,13-16H,9-12H2,1-2H3,(H2,27,29)(H,28,32). The van der Waals surface area contributed by atoms with Gasteiger partial charge in [0.15, 0.2) is 0 Å². The first-order valence-electron chi connectivity index (χ1n) is 10.9. The quantitative estimate of drug-likeness (QED) is 0.521. The number of nitrogens with two attached hydrogens (primary N) is 1. The Balaban J connectivity index is 1.49. The lowest BCUT2D eigenvalue weighted by atomic mass is 10.00.